The molecule has 0 aliphatic carbocycles. The van der Waals surface area contributed by atoms with E-state index in [-0.39, 0.29) is 5.78 Å². The average Bonchev–Trinajstić information content (AvgIpc) is 2.84. The van der Waals surface area contributed by atoms with Gasteiger partial charge in [-0.2, -0.15) is 5.10 Å². The molecule has 2 rings (SSSR count). The minimum Gasteiger partial charge on any atom is -0.288 e. The predicted molar refractivity (Wildman–Crippen MR) is 68.6 cm³/mol. The van der Waals surface area contributed by atoms with E-state index in [1.54, 1.807) is 41.4 Å². The average molecular weight is 297 g/mol. The van der Waals surface area contributed by atoms with E-state index >= 15 is 0 Å². The molecule has 5 heteroatoms. The maximum Gasteiger partial charge on any atom is 0.203 e. The van der Waals surface area contributed by atoms with E-state index < -0.39 is 0 Å². The highest BCUT2D eigenvalue weighted by atomic mass is 79.9. The van der Waals surface area contributed by atoms with Crippen LogP contribution in [0.25, 0.3) is 6.08 Å². The number of hydrogen-bond acceptors (Lipinski definition) is 3. The van der Waals surface area contributed by atoms with Crippen LogP contribution in [-0.2, 0) is 7.05 Å². The maximum absolute atomic E-state index is 11.8. The van der Waals surface area contributed by atoms with Crippen LogP contribution in [0.1, 0.15) is 15.4 Å². The number of ketones is 1. The molecule has 3 nitrogen and oxygen atoms in total. The molecule has 0 radical (unpaired) electrons. The van der Waals surface area contributed by atoms with Crippen molar-refractivity contribution in [1.29, 1.82) is 0 Å². The highest BCUT2D eigenvalue weighted by Gasteiger charge is 2.05. The van der Waals surface area contributed by atoms with Crippen molar-refractivity contribution in [2.45, 2.75) is 0 Å². The first-order valence-corrected chi connectivity index (χ1v) is 6.28. The third-order valence-corrected chi connectivity index (χ3v) is 3.72. The molecule has 16 heavy (non-hydrogen) atoms. The molecule has 0 atom stereocenters. The summed E-state index contributed by atoms with van der Waals surface area (Å²) in [6, 6.07) is 3.68. The number of aromatic nitrogens is 2. The second-order valence-corrected chi connectivity index (χ2v) is 5.06. The largest absolute Gasteiger partial charge is 0.288 e. The highest BCUT2D eigenvalue weighted by Crippen LogP contribution is 2.20. The molecular formula is C11H9BrN2OS. The summed E-state index contributed by atoms with van der Waals surface area (Å²) >= 11 is 4.95. The Bertz CT molecular complexity index is 542. The lowest BCUT2D eigenvalue weighted by Crippen LogP contribution is -2.03. The summed E-state index contributed by atoms with van der Waals surface area (Å²) in [7, 11) is 1.75. The first-order valence-electron chi connectivity index (χ1n) is 4.61. The van der Waals surface area contributed by atoms with Gasteiger partial charge in [0.05, 0.1) is 0 Å². The molecule has 0 N–H and O–H groups in total. The molecule has 0 bridgehead atoms. The molecule has 0 aliphatic heterocycles. The van der Waals surface area contributed by atoms with Gasteiger partial charge >= 0.3 is 0 Å². The van der Waals surface area contributed by atoms with Crippen LogP contribution in [0.3, 0.4) is 0 Å². The molecule has 0 fully saturated rings. The lowest BCUT2D eigenvalue weighted by atomic mass is 10.2. The Morgan fingerprint density at radius 3 is 3.00 bits per heavy atom. The van der Waals surface area contributed by atoms with Crippen molar-refractivity contribution in [3.8, 4) is 0 Å². The fraction of sp³-hybridized carbons (Fsp3) is 0.0909. The van der Waals surface area contributed by atoms with Crippen molar-refractivity contribution < 1.29 is 4.79 Å². The Morgan fingerprint density at radius 2 is 2.44 bits per heavy atom. The van der Waals surface area contributed by atoms with Gasteiger partial charge in [-0.05, 0) is 40.2 Å². The van der Waals surface area contributed by atoms with Crippen LogP contribution in [0.2, 0.25) is 0 Å². The van der Waals surface area contributed by atoms with Crippen molar-refractivity contribution in [3.63, 3.8) is 0 Å². The second kappa shape index (κ2) is 4.76. The number of halogens is 1. The topological polar surface area (TPSA) is 34.9 Å². The van der Waals surface area contributed by atoms with Gasteiger partial charge < -0.3 is 0 Å². The quantitative estimate of drug-likeness (QED) is 0.644. The van der Waals surface area contributed by atoms with Gasteiger partial charge in [0.25, 0.3) is 0 Å². The summed E-state index contributed by atoms with van der Waals surface area (Å²) in [4.78, 5) is 12.8. The van der Waals surface area contributed by atoms with Crippen molar-refractivity contribution in [2.24, 2.45) is 7.05 Å². The molecule has 0 unspecified atom stereocenters. The number of allylic oxidation sites excluding steroid dienone is 1. The van der Waals surface area contributed by atoms with Crippen molar-refractivity contribution in [2.75, 3.05) is 0 Å². The van der Waals surface area contributed by atoms with Gasteiger partial charge in [0.1, 0.15) is 5.69 Å². The van der Waals surface area contributed by atoms with E-state index in [1.165, 1.54) is 0 Å². The van der Waals surface area contributed by atoms with Crippen LogP contribution in [-0.4, -0.2) is 15.6 Å². The molecule has 0 saturated carbocycles. The minimum atomic E-state index is -0.0375. The van der Waals surface area contributed by atoms with Crippen molar-refractivity contribution >= 4 is 39.1 Å². The molecule has 0 saturated heterocycles. The molecule has 2 aromatic rings. The Balaban J connectivity index is 2.14. The van der Waals surface area contributed by atoms with Gasteiger partial charge in [0.2, 0.25) is 5.78 Å². The smallest absolute Gasteiger partial charge is 0.203 e. The number of aryl methyl sites for hydroxylation is 1. The molecule has 2 heterocycles. The monoisotopic (exact) mass is 296 g/mol. The summed E-state index contributed by atoms with van der Waals surface area (Å²) in [6.45, 7) is 0. The Morgan fingerprint density at radius 1 is 1.62 bits per heavy atom. The summed E-state index contributed by atoms with van der Waals surface area (Å²) in [6.07, 6.45) is 4.99. The summed E-state index contributed by atoms with van der Waals surface area (Å²) in [5.41, 5.74) is 0.590. The first-order chi connectivity index (χ1) is 7.66. The lowest BCUT2D eigenvalue weighted by molar-refractivity contribution is 0.103. The minimum absolute atomic E-state index is 0.0375. The third kappa shape index (κ3) is 2.48. The Labute approximate surface area is 106 Å². The van der Waals surface area contributed by atoms with Crippen LogP contribution in [0.15, 0.2) is 34.3 Å². The molecule has 0 spiro atoms. The molecular weight excluding hydrogens is 288 g/mol. The molecule has 2 aromatic heterocycles. The van der Waals surface area contributed by atoms with Gasteiger partial charge in [-0.3, -0.25) is 9.48 Å². The van der Waals surface area contributed by atoms with Crippen LogP contribution in [0.5, 0.6) is 0 Å². The third-order valence-electron chi connectivity index (χ3n) is 2.06. The number of carbonyl (C=O) groups is 1. The maximum atomic E-state index is 11.8. The lowest BCUT2D eigenvalue weighted by Gasteiger charge is -1.94. The number of carbonyl (C=O) groups excluding carboxylic acids is 1. The predicted octanol–water partition coefficient (Wildman–Crippen LogP) is 3.14. The molecule has 0 aromatic carbocycles. The summed E-state index contributed by atoms with van der Waals surface area (Å²) in [5, 5.41) is 5.93. The number of thiophene rings is 1. The zero-order valence-corrected chi connectivity index (χ0v) is 11.0. The second-order valence-electron chi connectivity index (χ2n) is 3.20. The van der Waals surface area contributed by atoms with E-state index in [0.29, 0.717) is 5.69 Å². The number of nitrogens with zero attached hydrogens (tertiary/aromatic N) is 2. The van der Waals surface area contributed by atoms with Crippen molar-refractivity contribution in [3.05, 3.63) is 44.8 Å². The Hall–Kier alpha value is -1.20. The molecule has 82 valence electrons. The molecule has 0 amide bonds. The number of rotatable bonds is 3. The van der Waals surface area contributed by atoms with Crippen LogP contribution in [0.4, 0.5) is 0 Å². The normalized spacial score (nSPS) is 11.1. The standard InChI is InChI=1S/C11H9BrN2OS/c1-14-10(4-5-13-14)11(15)3-2-9-6-8(12)7-16-9/h2-7H,1H3/b3-2+. The van der Waals surface area contributed by atoms with E-state index in [4.69, 9.17) is 0 Å². The summed E-state index contributed by atoms with van der Waals surface area (Å²) in [5.74, 6) is -0.0375. The highest BCUT2D eigenvalue weighted by molar-refractivity contribution is 9.10. The van der Waals surface area contributed by atoms with Crippen LogP contribution >= 0.6 is 27.3 Å². The van der Waals surface area contributed by atoms with E-state index in [1.807, 2.05) is 17.5 Å². The fourth-order valence-electron chi connectivity index (χ4n) is 1.27. The van der Waals surface area contributed by atoms with E-state index in [2.05, 4.69) is 21.0 Å². The van der Waals surface area contributed by atoms with Gasteiger partial charge in [0.15, 0.2) is 0 Å². The zero-order chi connectivity index (χ0) is 11.5. The van der Waals surface area contributed by atoms with Gasteiger partial charge in [-0.15, -0.1) is 11.3 Å². The van der Waals surface area contributed by atoms with Gasteiger partial charge in [0, 0.05) is 28.0 Å². The number of hydrogen-bond donors (Lipinski definition) is 0. The summed E-state index contributed by atoms with van der Waals surface area (Å²) < 4.78 is 2.60. The molecule has 0 aliphatic rings. The fourth-order valence-corrected chi connectivity index (χ4v) is 2.61. The van der Waals surface area contributed by atoms with Crippen LogP contribution in [0, 0.1) is 0 Å². The van der Waals surface area contributed by atoms with Gasteiger partial charge in [-0.25, -0.2) is 0 Å². The van der Waals surface area contributed by atoms with Gasteiger partial charge in [-0.1, -0.05) is 0 Å². The first kappa shape index (κ1) is 11.3. The van der Waals surface area contributed by atoms with Crippen molar-refractivity contribution in [1.82, 2.24) is 9.78 Å². The Kier molecular flexibility index (Phi) is 3.36. The van der Waals surface area contributed by atoms with E-state index in [9.17, 15) is 4.79 Å². The van der Waals surface area contributed by atoms with Crippen LogP contribution < -0.4 is 0 Å². The zero-order valence-electron chi connectivity index (χ0n) is 8.55. The SMILES string of the molecule is Cn1nccc1C(=O)/C=C/c1cc(Br)cs1. The van der Waals surface area contributed by atoms with E-state index in [0.717, 1.165) is 9.35 Å².